The maximum atomic E-state index is 12.3. The molecule has 1 fully saturated rings. The Bertz CT molecular complexity index is 1010. The summed E-state index contributed by atoms with van der Waals surface area (Å²) in [6.45, 7) is 0.769. The number of aliphatic carboxylic acids is 1. The van der Waals surface area contributed by atoms with Crippen molar-refractivity contribution < 1.29 is 29.3 Å². The SMILES string of the molecule is O=C(NCCCCCC(=O)N1C[C@@H](O)C[C@H]1C(=O)O)OCC1c2ccccc2-c2ccccc21. The zero-order valence-corrected chi connectivity index (χ0v) is 19.0. The van der Waals surface area contributed by atoms with E-state index in [1.807, 2.05) is 24.3 Å². The number of aliphatic hydroxyl groups is 1. The molecule has 34 heavy (non-hydrogen) atoms. The fourth-order valence-corrected chi connectivity index (χ4v) is 4.89. The molecule has 2 aromatic carbocycles. The lowest BCUT2D eigenvalue weighted by Crippen LogP contribution is -2.40. The summed E-state index contributed by atoms with van der Waals surface area (Å²) < 4.78 is 5.51. The Morgan fingerprint density at radius 3 is 2.26 bits per heavy atom. The monoisotopic (exact) mass is 466 g/mol. The summed E-state index contributed by atoms with van der Waals surface area (Å²) in [4.78, 5) is 37.0. The van der Waals surface area contributed by atoms with Gasteiger partial charge in [-0.2, -0.15) is 0 Å². The fourth-order valence-electron chi connectivity index (χ4n) is 4.89. The number of fused-ring (bicyclic) bond motifs is 3. The second-order valence-electron chi connectivity index (χ2n) is 8.85. The topological polar surface area (TPSA) is 116 Å². The molecule has 1 heterocycles. The molecular formula is C26H30N2O6. The molecule has 2 aromatic rings. The Morgan fingerprint density at radius 1 is 0.971 bits per heavy atom. The Balaban J connectivity index is 1.15. The van der Waals surface area contributed by atoms with Crippen molar-refractivity contribution in [1.82, 2.24) is 10.2 Å². The normalized spacial score (nSPS) is 18.9. The number of carbonyl (C=O) groups is 3. The summed E-state index contributed by atoms with van der Waals surface area (Å²) in [7, 11) is 0. The number of hydrogen-bond donors (Lipinski definition) is 3. The molecule has 1 aliphatic carbocycles. The van der Waals surface area contributed by atoms with Gasteiger partial charge in [0, 0.05) is 31.8 Å². The highest BCUT2D eigenvalue weighted by molar-refractivity contribution is 5.84. The molecule has 1 aliphatic heterocycles. The van der Waals surface area contributed by atoms with Gasteiger partial charge in [-0.05, 0) is 35.1 Å². The Morgan fingerprint density at radius 2 is 1.62 bits per heavy atom. The summed E-state index contributed by atoms with van der Waals surface area (Å²) in [5.74, 6) is -1.33. The zero-order chi connectivity index (χ0) is 24.1. The number of amides is 2. The van der Waals surface area contributed by atoms with E-state index in [9.17, 15) is 24.6 Å². The van der Waals surface area contributed by atoms with E-state index in [1.54, 1.807) is 0 Å². The van der Waals surface area contributed by atoms with Crippen LogP contribution in [0.25, 0.3) is 11.1 Å². The number of hydrogen-bond acceptors (Lipinski definition) is 5. The first-order valence-electron chi connectivity index (χ1n) is 11.7. The first-order valence-corrected chi connectivity index (χ1v) is 11.7. The maximum Gasteiger partial charge on any atom is 0.407 e. The largest absolute Gasteiger partial charge is 0.480 e. The van der Waals surface area contributed by atoms with Gasteiger partial charge < -0.3 is 25.2 Å². The number of unbranched alkanes of at least 4 members (excludes halogenated alkanes) is 2. The molecule has 3 N–H and O–H groups in total. The molecule has 8 heteroatoms. The third-order valence-corrected chi connectivity index (χ3v) is 6.56. The highest BCUT2D eigenvalue weighted by atomic mass is 16.5. The second kappa shape index (κ2) is 10.7. The van der Waals surface area contributed by atoms with E-state index in [4.69, 9.17) is 4.74 Å². The second-order valence-corrected chi connectivity index (χ2v) is 8.85. The minimum atomic E-state index is -1.09. The highest BCUT2D eigenvalue weighted by Gasteiger charge is 2.38. The number of likely N-dealkylation sites (tertiary alicyclic amines) is 1. The van der Waals surface area contributed by atoms with Crippen molar-refractivity contribution in [1.29, 1.82) is 0 Å². The molecule has 0 unspecified atom stereocenters. The number of rotatable bonds is 9. The Hall–Kier alpha value is -3.39. The Kier molecular flexibility index (Phi) is 7.47. The van der Waals surface area contributed by atoms with E-state index < -0.39 is 24.2 Å². The number of nitrogens with zero attached hydrogens (tertiary/aromatic N) is 1. The predicted octanol–water partition coefficient (Wildman–Crippen LogP) is 3.13. The minimum Gasteiger partial charge on any atom is -0.480 e. The van der Waals surface area contributed by atoms with E-state index in [0.29, 0.717) is 25.8 Å². The van der Waals surface area contributed by atoms with Gasteiger partial charge in [-0.15, -0.1) is 0 Å². The molecule has 1 saturated heterocycles. The fraction of sp³-hybridized carbons (Fsp3) is 0.423. The maximum absolute atomic E-state index is 12.3. The van der Waals surface area contributed by atoms with Gasteiger partial charge in [0.1, 0.15) is 12.6 Å². The van der Waals surface area contributed by atoms with Crippen molar-refractivity contribution in [2.24, 2.45) is 0 Å². The smallest absolute Gasteiger partial charge is 0.407 e. The third kappa shape index (κ3) is 5.22. The van der Waals surface area contributed by atoms with Crippen LogP contribution in [0.4, 0.5) is 4.79 Å². The summed E-state index contributed by atoms with van der Waals surface area (Å²) in [6, 6.07) is 15.4. The lowest BCUT2D eigenvalue weighted by molar-refractivity contribution is -0.148. The minimum absolute atomic E-state index is 0.0166. The van der Waals surface area contributed by atoms with E-state index in [1.165, 1.54) is 16.0 Å². The van der Waals surface area contributed by atoms with Crippen LogP contribution in [0, 0.1) is 0 Å². The molecule has 2 atom stereocenters. The number of carboxylic acid groups (broad SMARTS) is 1. The van der Waals surface area contributed by atoms with Crippen molar-refractivity contribution in [3.63, 3.8) is 0 Å². The van der Waals surface area contributed by atoms with Crippen LogP contribution in [-0.2, 0) is 14.3 Å². The van der Waals surface area contributed by atoms with Crippen molar-refractivity contribution in [2.45, 2.75) is 50.2 Å². The number of benzene rings is 2. The number of carbonyl (C=O) groups excluding carboxylic acids is 2. The van der Waals surface area contributed by atoms with Gasteiger partial charge in [0.15, 0.2) is 0 Å². The lowest BCUT2D eigenvalue weighted by Gasteiger charge is -2.21. The standard InChI is InChI=1S/C26H30N2O6/c29-17-14-23(25(31)32)28(15-17)24(30)12-2-1-7-13-27-26(33)34-16-22-20-10-5-3-8-18(20)19-9-4-6-11-21(19)22/h3-6,8-11,17,22-23,29H,1-2,7,12-16H2,(H,27,33)(H,31,32)/t17-,23-/m0/s1. The van der Waals surface area contributed by atoms with Gasteiger partial charge in [-0.1, -0.05) is 55.0 Å². The van der Waals surface area contributed by atoms with E-state index in [0.717, 1.165) is 11.1 Å². The van der Waals surface area contributed by atoms with Crippen LogP contribution in [0.2, 0.25) is 0 Å². The van der Waals surface area contributed by atoms with Crippen molar-refractivity contribution in [3.8, 4) is 11.1 Å². The van der Waals surface area contributed by atoms with E-state index >= 15 is 0 Å². The third-order valence-electron chi connectivity index (χ3n) is 6.56. The first-order chi connectivity index (χ1) is 16.5. The van der Waals surface area contributed by atoms with Crippen LogP contribution in [0.1, 0.15) is 49.1 Å². The number of carboxylic acids is 1. The van der Waals surface area contributed by atoms with Crippen LogP contribution in [0.15, 0.2) is 48.5 Å². The van der Waals surface area contributed by atoms with Crippen LogP contribution >= 0.6 is 0 Å². The first kappa shape index (κ1) is 23.8. The molecule has 2 amide bonds. The molecule has 0 aromatic heterocycles. The van der Waals surface area contributed by atoms with Gasteiger partial charge in [-0.25, -0.2) is 9.59 Å². The molecule has 0 saturated carbocycles. The summed E-state index contributed by atoms with van der Waals surface area (Å²) in [6.07, 6.45) is 1.03. The molecule has 0 radical (unpaired) electrons. The van der Waals surface area contributed by atoms with Gasteiger partial charge in [-0.3, -0.25) is 4.79 Å². The van der Waals surface area contributed by atoms with Gasteiger partial charge in [0.2, 0.25) is 5.91 Å². The molecule has 4 rings (SSSR count). The van der Waals surface area contributed by atoms with Crippen molar-refractivity contribution in [3.05, 3.63) is 59.7 Å². The van der Waals surface area contributed by atoms with Crippen molar-refractivity contribution >= 4 is 18.0 Å². The molecule has 0 bridgehead atoms. The number of alkyl carbamates (subject to hydrolysis) is 1. The predicted molar refractivity (Wildman–Crippen MR) is 125 cm³/mol. The zero-order valence-electron chi connectivity index (χ0n) is 19.0. The summed E-state index contributed by atoms with van der Waals surface area (Å²) in [5.41, 5.74) is 4.69. The summed E-state index contributed by atoms with van der Waals surface area (Å²) >= 11 is 0. The molecular weight excluding hydrogens is 436 g/mol. The highest BCUT2D eigenvalue weighted by Crippen LogP contribution is 2.44. The number of ether oxygens (including phenoxy) is 1. The number of nitrogens with one attached hydrogen (secondary N) is 1. The average molecular weight is 467 g/mol. The van der Waals surface area contributed by atoms with Gasteiger partial charge >= 0.3 is 12.1 Å². The molecule has 180 valence electrons. The average Bonchev–Trinajstić information content (AvgIpc) is 3.38. The number of aliphatic hydroxyl groups excluding tert-OH is 1. The molecule has 2 aliphatic rings. The van der Waals surface area contributed by atoms with Crippen LogP contribution in [-0.4, -0.2) is 64.9 Å². The van der Waals surface area contributed by atoms with Gasteiger partial charge in [0.25, 0.3) is 0 Å². The van der Waals surface area contributed by atoms with E-state index in [2.05, 4.69) is 29.6 Å². The Labute approximate surface area is 198 Å². The van der Waals surface area contributed by atoms with Crippen molar-refractivity contribution in [2.75, 3.05) is 19.7 Å². The van der Waals surface area contributed by atoms with Crippen LogP contribution in [0.5, 0.6) is 0 Å². The number of β-amino-alcohol motifs (C(OH)–C–C–N with tert-alkyl or cyclic N) is 1. The van der Waals surface area contributed by atoms with Crippen LogP contribution < -0.4 is 5.32 Å². The quantitative estimate of drug-likeness (QED) is 0.489. The van der Waals surface area contributed by atoms with Gasteiger partial charge in [0.05, 0.1) is 6.10 Å². The lowest BCUT2D eigenvalue weighted by atomic mass is 9.98. The van der Waals surface area contributed by atoms with E-state index in [-0.39, 0.29) is 37.8 Å². The van der Waals surface area contributed by atoms with Crippen LogP contribution in [0.3, 0.4) is 0 Å². The summed E-state index contributed by atoms with van der Waals surface area (Å²) in [5, 5.41) is 21.6. The molecule has 0 spiro atoms. The molecule has 8 nitrogen and oxygen atoms in total.